The highest BCUT2D eigenvalue weighted by Crippen LogP contribution is 2.14. The molecule has 0 rings (SSSR count). The minimum atomic E-state index is 0.0361. The second-order valence-corrected chi connectivity index (χ2v) is 4.02. The van der Waals surface area contributed by atoms with E-state index in [2.05, 4.69) is 13.0 Å². The third-order valence-corrected chi connectivity index (χ3v) is 2.72. The molecule has 0 aromatic heterocycles. The fraction of sp³-hybridized carbons (Fsp3) is 0.769. The molecule has 86 valence electrons. The summed E-state index contributed by atoms with van der Waals surface area (Å²) in [6.45, 7) is 4.03. The van der Waals surface area contributed by atoms with Crippen LogP contribution in [0.4, 0.5) is 0 Å². The minimum Gasteiger partial charge on any atom is -0.392 e. The molecule has 0 saturated heterocycles. The summed E-state index contributed by atoms with van der Waals surface area (Å²) in [7, 11) is 0. The van der Waals surface area contributed by atoms with Crippen LogP contribution in [0.3, 0.4) is 0 Å². The number of rotatable bonds is 8. The number of nitriles is 1. The Labute approximate surface area is 93.6 Å². The lowest BCUT2D eigenvalue weighted by Gasteiger charge is -2.05. The molecular formula is C13H23NO. The number of nitrogens with zero attached hydrogens (tertiary/aromatic N) is 1. The zero-order chi connectivity index (χ0) is 11.5. The first kappa shape index (κ1) is 14.2. The van der Waals surface area contributed by atoms with Crippen LogP contribution in [0.1, 0.15) is 58.8 Å². The molecule has 0 saturated carbocycles. The highest BCUT2D eigenvalue weighted by molar-refractivity contribution is 5.25. The molecule has 0 atom stereocenters. The molecule has 2 heteroatoms. The van der Waals surface area contributed by atoms with Crippen LogP contribution in [0.15, 0.2) is 11.1 Å². The molecular weight excluding hydrogens is 186 g/mol. The third-order valence-electron chi connectivity index (χ3n) is 2.72. The number of allylic oxidation sites excluding steroid dienone is 1. The molecule has 2 nitrogen and oxygen atoms in total. The van der Waals surface area contributed by atoms with Crippen molar-refractivity contribution in [2.24, 2.45) is 0 Å². The van der Waals surface area contributed by atoms with Crippen molar-refractivity contribution in [1.82, 2.24) is 0 Å². The van der Waals surface area contributed by atoms with Crippen molar-refractivity contribution in [2.45, 2.75) is 58.8 Å². The van der Waals surface area contributed by atoms with Crippen LogP contribution in [0, 0.1) is 11.3 Å². The fourth-order valence-corrected chi connectivity index (χ4v) is 1.58. The number of hydrogen-bond acceptors (Lipinski definition) is 2. The maximum atomic E-state index is 9.06. The summed E-state index contributed by atoms with van der Waals surface area (Å²) in [5, 5.41) is 17.7. The largest absolute Gasteiger partial charge is 0.392 e. The molecule has 0 radical (unpaired) electrons. The molecule has 0 fully saturated rings. The van der Waals surface area contributed by atoms with E-state index in [-0.39, 0.29) is 6.61 Å². The third kappa shape index (κ3) is 7.16. The summed E-state index contributed by atoms with van der Waals surface area (Å²) in [5.41, 5.74) is 1.60. The second kappa shape index (κ2) is 9.73. The molecule has 15 heavy (non-hydrogen) atoms. The molecule has 0 spiro atoms. The monoisotopic (exact) mass is 209 g/mol. The zero-order valence-corrected chi connectivity index (χ0v) is 10.1. The van der Waals surface area contributed by atoms with Crippen LogP contribution in [0.5, 0.6) is 0 Å². The first-order chi connectivity index (χ1) is 7.26. The first-order valence-corrected chi connectivity index (χ1v) is 5.95. The highest BCUT2D eigenvalue weighted by Gasteiger charge is 2.00. The lowest BCUT2D eigenvalue weighted by molar-refractivity contribution is 0.324. The standard InChI is InChI=1S/C13H23NO/c1-3-4-5-6-7-8-9-13(11-15)12(2)10-14/h15H,3-9,11H2,1-2H3/b13-12-. The lowest BCUT2D eigenvalue weighted by atomic mass is 10.0. The van der Waals surface area contributed by atoms with Gasteiger partial charge in [0.1, 0.15) is 0 Å². The highest BCUT2D eigenvalue weighted by atomic mass is 16.3. The Morgan fingerprint density at radius 3 is 2.27 bits per heavy atom. The Hall–Kier alpha value is -0.810. The summed E-state index contributed by atoms with van der Waals surface area (Å²) in [4.78, 5) is 0. The molecule has 0 aliphatic carbocycles. The predicted molar refractivity (Wildman–Crippen MR) is 63.4 cm³/mol. The van der Waals surface area contributed by atoms with Crippen LogP contribution < -0.4 is 0 Å². The van der Waals surface area contributed by atoms with E-state index in [4.69, 9.17) is 10.4 Å². The van der Waals surface area contributed by atoms with Gasteiger partial charge in [0.05, 0.1) is 12.7 Å². The Morgan fingerprint density at radius 2 is 1.73 bits per heavy atom. The van der Waals surface area contributed by atoms with Crippen LogP contribution in [-0.4, -0.2) is 11.7 Å². The van der Waals surface area contributed by atoms with E-state index < -0.39 is 0 Å². The van der Waals surface area contributed by atoms with Crippen LogP contribution in [0.2, 0.25) is 0 Å². The van der Waals surface area contributed by atoms with E-state index in [1.807, 2.05) is 0 Å². The van der Waals surface area contributed by atoms with Gasteiger partial charge in [-0.3, -0.25) is 0 Å². The molecule has 1 N–H and O–H groups in total. The fourth-order valence-electron chi connectivity index (χ4n) is 1.58. The van der Waals surface area contributed by atoms with Gasteiger partial charge in [-0.1, -0.05) is 39.0 Å². The van der Waals surface area contributed by atoms with Crippen molar-refractivity contribution >= 4 is 0 Å². The number of unbranched alkanes of at least 4 members (excludes halogenated alkanes) is 5. The number of aliphatic hydroxyl groups is 1. The van der Waals surface area contributed by atoms with Gasteiger partial charge in [-0.15, -0.1) is 0 Å². The Morgan fingerprint density at radius 1 is 1.13 bits per heavy atom. The maximum Gasteiger partial charge on any atom is 0.0944 e. The van der Waals surface area contributed by atoms with Gasteiger partial charge in [-0.25, -0.2) is 0 Å². The van der Waals surface area contributed by atoms with Crippen LogP contribution in [-0.2, 0) is 0 Å². The maximum absolute atomic E-state index is 9.06. The van der Waals surface area contributed by atoms with Gasteiger partial charge in [-0.05, 0) is 25.3 Å². The van der Waals surface area contributed by atoms with Gasteiger partial charge in [0, 0.05) is 5.57 Å². The summed E-state index contributed by atoms with van der Waals surface area (Å²) < 4.78 is 0. The Kier molecular flexibility index (Phi) is 9.21. The summed E-state index contributed by atoms with van der Waals surface area (Å²) in [6.07, 6.45) is 8.36. The first-order valence-electron chi connectivity index (χ1n) is 5.95. The van der Waals surface area contributed by atoms with E-state index in [1.165, 1.54) is 32.1 Å². The Bertz CT molecular complexity index is 225. The molecule has 0 aliphatic rings. The molecule has 0 aliphatic heterocycles. The topological polar surface area (TPSA) is 44.0 Å². The zero-order valence-electron chi connectivity index (χ0n) is 10.1. The molecule has 0 amide bonds. The van der Waals surface area contributed by atoms with Gasteiger partial charge in [0.15, 0.2) is 0 Å². The Balaban J connectivity index is 3.62. The van der Waals surface area contributed by atoms with Crippen molar-refractivity contribution in [3.05, 3.63) is 11.1 Å². The van der Waals surface area contributed by atoms with Crippen LogP contribution in [0.25, 0.3) is 0 Å². The molecule has 0 bridgehead atoms. The van der Waals surface area contributed by atoms with Gasteiger partial charge in [0.2, 0.25) is 0 Å². The van der Waals surface area contributed by atoms with Crippen molar-refractivity contribution in [3.63, 3.8) is 0 Å². The second-order valence-electron chi connectivity index (χ2n) is 4.02. The van der Waals surface area contributed by atoms with Crippen molar-refractivity contribution < 1.29 is 5.11 Å². The average Bonchev–Trinajstić information content (AvgIpc) is 2.27. The van der Waals surface area contributed by atoms with E-state index in [0.717, 1.165) is 18.4 Å². The van der Waals surface area contributed by atoms with Gasteiger partial charge in [0.25, 0.3) is 0 Å². The van der Waals surface area contributed by atoms with Crippen molar-refractivity contribution in [2.75, 3.05) is 6.61 Å². The normalized spacial score (nSPS) is 12.1. The van der Waals surface area contributed by atoms with Crippen LogP contribution >= 0.6 is 0 Å². The minimum absolute atomic E-state index is 0.0361. The van der Waals surface area contributed by atoms with E-state index in [1.54, 1.807) is 6.92 Å². The molecule has 0 heterocycles. The SMILES string of the molecule is CCCCCCCC/C(CO)=C(\C)C#N. The molecule has 0 aromatic carbocycles. The summed E-state index contributed by atoms with van der Waals surface area (Å²) in [5.74, 6) is 0. The summed E-state index contributed by atoms with van der Waals surface area (Å²) in [6, 6.07) is 2.10. The van der Waals surface area contributed by atoms with Gasteiger partial charge < -0.3 is 5.11 Å². The summed E-state index contributed by atoms with van der Waals surface area (Å²) >= 11 is 0. The van der Waals surface area contributed by atoms with E-state index in [0.29, 0.717) is 5.57 Å². The van der Waals surface area contributed by atoms with Gasteiger partial charge >= 0.3 is 0 Å². The quantitative estimate of drug-likeness (QED) is 0.490. The van der Waals surface area contributed by atoms with Gasteiger partial charge in [-0.2, -0.15) is 5.26 Å². The lowest BCUT2D eigenvalue weighted by Crippen LogP contribution is -1.94. The van der Waals surface area contributed by atoms with Crippen molar-refractivity contribution in [3.8, 4) is 6.07 Å². The predicted octanol–water partition coefficient (Wildman–Crippen LogP) is 3.57. The van der Waals surface area contributed by atoms with E-state index >= 15 is 0 Å². The number of hydrogen-bond donors (Lipinski definition) is 1. The number of aliphatic hydroxyl groups excluding tert-OH is 1. The molecule has 0 unspecified atom stereocenters. The average molecular weight is 209 g/mol. The molecule has 0 aromatic rings. The van der Waals surface area contributed by atoms with E-state index in [9.17, 15) is 0 Å². The van der Waals surface area contributed by atoms with Crippen molar-refractivity contribution in [1.29, 1.82) is 5.26 Å². The smallest absolute Gasteiger partial charge is 0.0944 e.